The highest BCUT2D eigenvalue weighted by molar-refractivity contribution is 6.10. The summed E-state index contributed by atoms with van der Waals surface area (Å²) in [5, 5.41) is 5.52. The maximum absolute atomic E-state index is 13.2. The molecule has 2 aliphatic heterocycles. The molecule has 2 aromatic carbocycles. The molecule has 1 saturated heterocycles. The zero-order chi connectivity index (χ0) is 24.6. The largest absolute Gasteiger partial charge is 0.492 e. The number of carbonyl (C=O) groups excluding carboxylic acids is 3. The Bertz CT molecular complexity index is 1130. The van der Waals surface area contributed by atoms with Gasteiger partial charge in [-0.2, -0.15) is 0 Å². The van der Waals surface area contributed by atoms with Crippen molar-refractivity contribution < 1.29 is 23.9 Å². The molecule has 2 aliphatic rings. The molecule has 2 aromatic rings. The number of nitrogens with one attached hydrogen (secondary N) is 2. The summed E-state index contributed by atoms with van der Waals surface area (Å²) in [6.45, 7) is 9.68. The topological polar surface area (TPSA) is 97.0 Å². The predicted octanol–water partition coefficient (Wildman–Crippen LogP) is 3.94. The molecule has 34 heavy (non-hydrogen) atoms. The lowest BCUT2D eigenvalue weighted by molar-refractivity contribution is -0.133. The molecule has 0 aromatic heterocycles. The van der Waals surface area contributed by atoms with Crippen LogP contribution in [0.15, 0.2) is 36.4 Å². The minimum atomic E-state index is -1.24. The van der Waals surface area contributed by atoms with Crippen LogP contribution >= 0.6 is 0 Å². The Morgan fingerprint density at radius 3 is 2.62 bits per heavy atom. The lowest BCUT2D eigenvalue weighted by Gasteiger charge is -2.23. The first-order chi connectivity index (χ1) is 16.1. The number of fused-ring (bicyclic) bond motifs is 1. The van der Waals surface area contributed by atoms with Gasteiger partial charge in [-0.15, -0.1) is 0 Å². The summed E-state index contributed by atoms with van der Waals surface area (Å²) < 4.78 is 11.5. The van der Waals surface area contributed by atoms with E-state index < -0.39 is 29.9 Å². The van der Waals surface area contributed by atoms with Gasteiger partial charge in [0.25, 0.3) is 5.91 Å². The third-order valence-electron chi connectivity index (χ3n) is 6.30. The lowest BCUT2D eigenvalue weighted by Crippen LogP contribution is -2.42. The number of hydrogen-bond acceptors (Lipinski definition) is 5. The lowest BCUT2D eigenvalue weighted by atomic mass is 9.90. The third kappa shape index (κ3) is 4.32. The SMILES string of the molecule is CCOc1cc2c(cc1NC(=O)CN1C(=O)N[C@](C)(c3ccc(C(C)C)cc3)C1=O)O[C@H](C)C2. The summed E-state index contributed by atoms with van der Waals surface area (Å²) in [6, 6.07) is 10.6. The van der Waals surface area contributed by atoms with Crippen molar-refractivity contribution in [1.29, 1.82) is 0 Å². The molecule has 8 nitrogen and oxygen atoms in total. The van der Waals surface area contributed by atoms with E-state index in [0.29, 0.717) is 35.3 Å². The number of anilines is 1. The first-order valence-electron chi connectivity index (χ1n) is 11.6. The highest BCUT2D eigenvalue weighted by atomic mass is 16.5. The highest BCUT2D eigenvalue weighted by Crippen LogP contribution is 2.38. The summed E-state index contributed by atoms with van der Waals surface area (Å²) >= 11 is 0. The molecule has 4 amide bonds. The van der Waals surface area contributed by atoms with E-state index in [9.17, 15) is 14.4 Å². The molecule has 2 atom stereocenters. The molecule has 2 heterocycles. The number of carbonyl (C=O) groups is 3. The molecule has 4 rings (SSSR count). The van der Waals surface area contributed by atoms with Gasteiger partial charge >= 0.3 is 6.03 Å². The van der Waals surface area contributed by atoms with E-state index in [1.807, 2.05) is 44.2 Å². The molecule has 180 valence electrons. The van der Waals surface area contributed by atoms with Gasteiger partial charge < -0.3 is 20.1 Å². The first-order valence-corrected chi connectivity index (χ1v) is 11.6. The Morgan fingerprint density at radius 2 is 1.97 bits per heavy atom. The van der Waals surface area contributed by atoms with Crippen LogP contribution in [0.2, 0.25) is 0 Å². The van der Waals surface area contributed by atoms with E-state index in [4.69, 9.17) is 9.47 Å². The molecule has 0 unspecified atom stereocenters. The van der Waals surface area contributed by atoms with Gasteiger partial charge in [-0.05, 0) is 43.9 Å². The molecule has 0 radical (unpaired) electrons. The van der Waals surface area contributed by atoms with E-state index in [-0.39, 0.29) is 6.10 Å². The van der Waals surface area contributed by atoms with Crippen molar-refractivity contribution in [3.8, 4) is 11.5 Å². The molecule has 0 bridgehead atoms. The number of rotatable bonds is 7. The summed E-state index contributed by atoms with van der Waals surface area (Å²) in [6.07, 6.45) is 0.816. The Balaban J connectivity index is 1.50. The first kappa shape index (κ1) is 23.6. The maximum atomic E-state index is 13.2. The molecular weight excluding hydrogens is 434 g/mol. The van der Waals surface area contributed by atoms with Crippen LogP contribution in [0.25, 0.3) is 0 Å². The zero-order valence-corrected chi connectivity index (χ0v) is 20.2. The van der Waals surface area contributed by atoms with Gasteiger partial charge in [0.1, 0.15) is 29.7 Å². The molecule has 0 saturated carbocycles. The highest BCUT2D eigenvalue weighted by Gasteiger charge is 2.49. The number of ether oxygens (including phenoxy) is 2. The van der Waals surface area contributed by atoms with Gasteiger partial charge in [0, 0.05) is 18.1 Å². The van der Waals surface area contributed by atoms with Crippen molar-refractivity contribution in [2.75, 3.05) is 18.5 Å². The summed E-state index contributed by atoms with van der Waals surface area (Å²) in [7, 11) is 0. The van der Waals surface area contributed by atoms with E-state index in [1.54, 1.807) is 13.0 Å². The minimum Gasteiger partial charge on any atom is -0.492 e. The molecular formula is C26H31N3O5. The average Bonchev–Trinajstić information content (AvgIpc) is 3.25. The summed E-state index contributed by atoms with van der Waals surface area (Å²) in [5.74, 6) is 0.597. The Hall–Kier alpha value is -3.55. The van der Waals surface area contributed by atoms with Crippen LogP contribution in [0.5, 0.6) is 11.5 Å². The predicted molar refractivity (Wildman–Crippen MR) is 128 cm³/mol. The molecule has 8 heteroatoms. The molecule has 0 aliphatic carbocycles. The number of benzene rings is 2. The van der Waals surface area contributed by atoms with E-state index in [1.165, 1.54) is 0 Å². The average molecular weight is 466 g/mol. The van der Waals surface area contributed by atoms with E-state index >= 15 is 0 Å². The Kier molecular flexibility index (Phi) is 6.25. The van der Waals surface area contributed by atoms with Crippen LogP contribution in [0, 0.1) is 0 Å². The van der Waals surface area contributed by atoms with E-state index in [0.717, 1.165) is 22.4 Å². The second kappa shape index (κ2) is 9.00. The van der Waals surface area contributed by atoms with Gasteiger partial charge in [0.05, 0.1) is 12.3 Å². The quantitative estimate of drug-likeness (QED) is 0.604. The van der Waals surface area contributed by atoms with Crippen molar-refractivity contribution in [3.63, 3.8) is 0 Å². The Morgan fingerprint density at radius 1 is 1.26 bits per heavy atom. The fraction of sp³-hybridized carbons (Fsp3) is 0.423. The third-order valence-corrected chi connectivity index (χ3v) is 6.30. The van der Waals surface area contributed by atoms with Crippen molar-refractivity contribution in [3.05, 3.63) is 53.1 Å². The van der Waals surface area contributed by atoms with Crippen molar-refractivity contribution in [1.82, 2.24) is 10.2 Å². The summed E-state index contributed by atoms with van der Waals surface area (Å²) in [5.41, 5.74) is 2.03. The van der Waals surface area contributed by atoms with Crippen LogP contribution in [0.1, 0.15) is 57.2 Å². The van der Waals surface area contributed by atoms with Crippen LogP contribution < -0.4 is 20.1 Å². The number of imide groups is 1. The standard InChI is InChI=1S/C26H31N3O5/c1-6-33-22-12-18-11-16(4)34-21(18)13-20(22)27-23(30)14-29-24(31)26(5,28-25(29)32)19-9-7-17(8-10-19)15(2)3/h7-10,12-13,15-16H,6,11,14H2,1-5H3,(H,27,30)(H,28,32)/t16-,26-/m1/s1. The second-order valence-electron chi connectivity index (χ2n) is 9.29. The van der Waals surface area contributed by atoms with Crippen molar-refractivity contribution in [2.45, 2.75) is 58.6 Å². The van der Waals surface area contributed by atoms with Gasteiger partial charge in [0.15, 0.2) is 0 Å². The zero-order valence-electron chi connectivity index (χ0n) is 20.2. The van der Waals surface area contributed by atoms with Crippen LogP contribution in [0.4, 0.5) is 10.5 Å². The van der Waals surface area contributed by atoms with Crippen molar-refractivity contribution in [2.24, 2.45) is 0 Å². The smallest absolute Gasteiger partial charge is 0.325 e. The normalized spacial score (nSPS) is 21.4. The van der Waals surface area contributed by atoms with Gasteiger partial charge in [0.2, 0.25) is 5.91 Å². The molecule has 0 spiro atoms. The molecule has 2 N–H and O–H groups in total. The fourth-order valence-electron chi connectivity index (χ4n) is 4.38. The monoisotopic (exact) mass is 465 g/mol. The number of urea groups is 1. The number of hydrogen-bond donors (Lipinski definition) is 2. The van der Waals surface area contributed by atoms with Crippen LogP contribution in [-0.2, 0) is 21.5 Å². The number of nitrogens with zero attached hydrogens (tertiary/aromatic N) is 1. The fourth-order valence-corrected chi connectivity index (χ4v) is 4.38. The van der Waals surface area contributed by atoms with Gasteiger partial charge in [-0.25, -0.2) is 4.79 Å². The molecule has 1 fully saturated rings. The van der Waals surface area contributed by atoms with Gasteiger partial charge in [-0.1, -0.05) is 38.1 Å². The second-order valence-corrected chi connectivity index (χ2v) is 9.29. The van der Waals surface area contributed by atoms with Crippen molar-refractivity contribution >= 4 is 23.5 Å². The van der Waals surface area contributed by atoms with Crippen LogP contribution in [0.3, 0.4) is 0 Å². The maximum Gasteiger partial charge on any atom is 0.325 e. The van der Waals surface area contributed by atoms with Crippen LogP contribution in [-0.4, -0.2) is 42.0 Å². The summed E-state index contributed by atoms with van der Waals surface area (Å²) in [4.78, 5) is 39.7. The van der Waals surface area contributed by atoms with E-state index in [2.05, 4.69) is 24.5 Å². The minimum absolute atomic E-state index is 0.0497. The van der Waals surface area contributed by atoms with Gasteiger partial charge in [-0.3, -0.25) is 14.5 Å². The number of amides is 4. The Labute approximate surface area is 199 Å².